The molecule has 3 aliphatic rings. The van der Waals surface area contributed by atoms with Gasteiger partial charge in [-0.1, -0.05) is 12.1 Å². The molecule has 1 N–H and O–H groups in total. The number of fused-ring (bicyclic) bond motifs is 3. The lowest BCUT2D eigenvalue weighted by Gasteiger charge is -2.45. The van der Waals surface area contributed by atoms with E-state index in [0.717, 1.165) is 6.54 Å². The Kier molecular flexibility index (Phi) is 2.91. The van der Waals surface area contributed by atoms with Crippen molar-refractivity contribution in [1.29, 1.82) is 0 Å². The lowest BCUT2D eigenvalue weighted by molar-refractivity contribution is -0.384. The summed E-state index contributed by atoms with van der Waals surface area (Å²) in [5.74, 6) is 0.662. The van der Waals surface area contributed by atoms with Crippen molar-refractivity contribution in [1.82, 2.24) is 4.90 Å². The Labute approximate surface area is 106 Å². The van der Waals surface area contributed by atoms with Crippen LogP contribution in [0.1, 0.15) is 12.8 Å². The minimum absolute atomic E-state index is 0.175. The molecule has 5 heteroatoms. The topological polar surface area (TPSA) is 58.4 Å². The summed E-state index contributed by atoms with van der Waals surface area (Å²) in [7, 11) is 0. The lowest BCUT2D eigenvalue weighted by atomic mass is 9.84. The molecule has 1 atom stereocenters. The quantitative estimate of drug-likeness (QED) is 0.656. The zero-order chi connectivity index (χ0) is 12.5. The van der Waals surface area contributed by atoms with Crippen molar-refractivity contribution in [2.24, 2.45) is 5.92 Å². The first kappa shape index (κ1) is 11.5. The van der Waals surface area contributed by atoms with E-state index in [-0.39, 0.29) is 10.6 Å². The number of rotatable bonds is 3. The second-order valence-corrected chi connectivity index (χ2v) is 5.16. The molecule has 0 unspecified atom stereocenters. The molecule has 0 saturated carbocycles. The van der Waals surface area contributed by atoms with Crippen molar-refractivity contribution >= 4 is 11.4 Å². The third-order valence-corrected chi connectivity index (χ3v) is 4.10. The zero-order valence-corrected chi connectivity index (χ0v) is 10.2. The SMILES string of the molecule is O=[N+]([O-])c1ccccc1N[C@@H]1CN2CCC1CC2. The average Bonchev–Trinajstić information content (AvgIpc) is 2.40. The summed E-state index contributed by atoms with van der Waals surface area (Å²) >= 11 is 0. The smallest absolute Gasteiger partial charge is 0.292 e. The molecular weight excluding hydrogens is 230 g/mol. The van der Waals surface area contributed by atoms with E-state index in [9.17, 15) is 10.1 Å². The molecule has 3 saturated heterocycles. The van der Waals surface area contributed by atoms with Gasteiger partial charge in [0.15, 0.2) is 0 Å². The molecular formula is C13H17N3O2. The second-order valence-electron chi connectivity index (χ2n) is 5.16. The standard InChI is InChI=1S/C13H17N3O2/c17-16(18)13-4-2-1-3-11(13)14-12-9-15-7-5-10(12)6-8-15/h1-4,10,12,14H,5-9H2/t12-/m1/s1. The molecule has 0 aliphatic carbocycles. The summed E-state index contributed by atoms with van der Waals surface area (Å²) in [6, 6.07) is 7.27. The van der Waals surface area contributed by atoms with E-state index >= 15 is 0 Å². The fourth-order valence-electron chi connectivity index (χ4n) is 3.08. The van der Waals surface area contributed by atoms with Crippen molar-refractivity contribution in [3.63, 3.8) is 0 Å². The predicted octanol–water partition coefficient (Wildman–Crippen LogP) is 2.10. The first-order valence-electron chi connectivity index (χ1n) is 6.46. The van der Waals surface area contributed by atoms with E-state index < -0.39 is 0 Å². The van der Waals surface area contributed by atoms with E-state index in [4.69, 9.17) is 0 Å². The van der Waals surface area contributed by atoms with Gasteiger partial charge >= 0.3 is 0 Å². The summed E-state index contributed by atoms with van der Waals surface area (Å²) in [4.78, 5) is 13.1. The summed E-state index contributed by atoms with van der Waals surface area (Å²) in [5, 5.41) is 14.4. The van der Waals surface area contributed by atoms with Crippen molar-refractivity contribution in [2.45, 2.75) is 18.9 Å². The number of piperidine rings is 3. The van der Waals surface area contributed by atoms with Crippen LogP contribution in [0.3, 0.4) is 0 Å². The van der Waals surface area contributed by atoms with Crippen LogP contribution in [0.4, 0.5) is 11.4 Å². The summed E-state index contributed by atoms with van der Waals surface area (Å²) in [6.07, 6.45) is 2.41. The Bertz CT molecular complexity index is 455. The summed E-state index contributed by atoms with van der Waals surface area (Å²) in [6.45, 7) is 3.37. The lowest BCUT2D eigenvalue weighted by Crippen LogP contribution is -2.53. The number of anilines is 1. The molecule has 0 radical (unpaired) electrons. The number of para-hydroxylation sites is 2. The molecule has 3 fully saturated rings. The first-order valence-corrected chi connectivity index (χ1v) is 6.46. The number of hydrogen-bond acceptors (Lipinski definition) is 4. The largest absolute Gasteiger partial charge is 0.375 e. The van der Waals surface area contributed by atoms with E-state index in [2.05, 4.69) is 10.2 Å². The highest BCUT2D eigenvalue weighted by molar-refractivity contribution is 5.61. The molecule has 18 heavy (non-hydrogen) atoms. The number of hydrogen-bond donors (Lipinski definition) is 1. The van der Waals surface area contributed by atoms with Crippen molar-refractivity contribution < 1.29 is 4.92 Å². The van der Waals surface area contributed by atoms with E-state index in [0.29, 0.717) is 17.6 Å². The molecule has 4 rings (SSSR count). The van der Waals surface area contributed by atoms with Crippen LogP contribution in [0.15, 0.2) is 24.3 Å². The van der Waals surface area contributed by atoms with Gasteiger partial charge < -0.3 is 10.2 Å². The minimum Gasteiger partial charge on any atom is -0.375 e. The average molecular weight is 247 g/mol. The van der Waals surface area contributed by atoms with E-state index in [1.807, 2.05) is 6.07 Å². The van der Waals surface area contributed by atoms with Gasteiger partial charge in [-0.15, -0.1) is 0 Å². The number of nitrogens with one attached hydrogen (secondary N) is 1. The Morgan fingerprint density at radius 3 is 2.61 bits per heavy atom. The number of nitro groups is 1. The number of nitrogens with zero attached hydrogens (tertiary/aromatic N) is 2. The van der Waals surface area contributed by atoms with Gasteiger partial charge in [0.1, 0.15) is 5.69 Å². The molecule has 3 aliphatic heterocycles. The maximum Gasteiger partial charge on any atom is 0.292 e. The Balaban J connectivity index is 1.78. The van der Waals surface area contributed by atoms with Crippen LogP contribution >= 0.6 is 0 Å². The van der Waals surface area contributed by atoms with Crippen LogP contribution in [0.2, 0.25) is 0 Å². The second kappa shape index (κ2) is 4.57. The molecule has 0 aromatic heterocycles. The molecule has 5 nitrogen and oxygen atoms in total. The molecule has 2 bridgehead atoms. The summed E-state index contributed by atoms with van der Waals surface area (Å²) < 4.78 is 0. The molecule has 0 spiro atoms. The van der Waals surface area contributed by atoms with Crippen LogP contribution in [-0.2, 0) is 0 Å². The van der Waals surface area contributed by atoms with Gasteiger partial charge in [-0.05, 0) is 37.9 Å². The predicted molar refractivity (Wildman–Crippen MR) is 69.7 cm³/mol. The van der Waals surface area contributed by atoms with E-state index in [1.54, 1.807) is 18.2 Å². The fraction of sp³-hybridized carbons (Fsp3) is 0.538. The van der Waals surface area contributed by atoms with E-state index in [1.165, 1.54) is 25.9 Å². The van der Waals surface area contributed by atoms with Gasteiger partial charge in [-0.2, -0.15) is 0 Å². The van der Waals surface area contributed by atoms with Crippen molar-refractivity contribution in [3.05, 3.63) is 34.4 Å². The van der Waals surface area contributed by atoms with Gasteiger partial charge in [0.25, 0.3) is 5.69 Å². The number of benzene rings is 1. The molecule has 3 heterocycles. The Morgan fingerprint density at radius 2 is 2.00 bits per heavy atom. The van der Waals surface area contributed by atoms with Crippen LogP contribution in [0, 0.1) is 16.0 Å². The van der Waals surface area contributed by atoms with Crippen molar-refractivity contribution in [2.75, 3.05) is 25.0 Å². The van der Waals surface area contributed by atoms with Crippen LogP contribution < -0.4 is 5.32 Å². The summed E-state index contributed by atoms with van der Waals surface area (Å²) in [5.41, 5.74) is 0.829. The minimum atomic E-state index is -0.316. The Morgan fingerprint density at radius 1 is 1.28 bits per heavy atom. The van der Waals surface area contributed by atoms with Gasteiger partial charge in [-0.3, -0.25) is 10.1 Å². The highest BCUT2D eigenvalue weighted by atomic mass is 16.6. The molecule has 96 valence electrons. The van der Waals surface area contributed by atoms with Crippen LogP contribution in [0.25, 0.3) is 0 Å². The Hall–Kier alpha value is -1.62. The maximum atomic E-state index is 11.0. The van der Waals surface area contributed by atoms with Crippen molar-refractivity contribution in [3.8, 4) is 0 Å². The molecule has 1 aromatic rings. The highest BCUT2D eigenvalue weighted by Gasteiger charge is 2.34. The van der Waals surface area contributed by atoms with Gasteiger partial charge in [0, 0.05) is 18.7 Å². The molecule has 0 amide bonds. The third kappa shape index (κ3) is 2.06. The van der Waals surface area contributed by atoms with Gasteiger partial charge in [-0.25, -0.2) is 0 Å². The van der Waals surface area contributed by atoms with Crippen LogP contribution in [-0.4, -0.2) is 35.5 Å². The molecule has 1 aromatic carbocycles. The fourth-order valence-corrected chi connectivity index (χ4v) is 3.08. The third-order valence-electron chi connectivity index (χ3n) is 4.10. The maximum absolute atomic E-state index is 11.0. The zero-order valence-electron chi connectivity index (χ0n) is 10.2. The number of nitro benzene ring substituents is 1. The van der Waals surface area contributed by atoms with Gasteiger partial charge in [0.05, 0.1) is 4.92 Å². The first-order chi connectivity index (χ1) is 8.74. The monoisotopic (exact) mass is 247 g/mol. The normalized spacial score (nSPS) is 30.1. The van der Waals surface area contributed by atoms with Gasteiger partial charge in [0.2, 0.25) is 0 Å². The van der Waals surface area contributed by atoms with Crippen LogP contribution in [0.5, 0.6) is 0 Å². The highest BCUT2D eigenvalue weighted by Crippen LogP contribution is 2.32.